The van der Waals surface area contributed by atoms with Crippen LogP contribution >= 0.6 is 0 Å². The Morgan fingerprint density at radius 2 is 1.00 bits per heavy atom. The molecule has 6 rings (SSSR count). The van der Waals surface area contributed by atoms with E-state index in [2.05, 4.69) is 0 Å². The normalized spacial score (nSPS) is 21.4. The van der Waals surface area contributed by atoms with Crippen LogP contribution in [0.3, 0.4) is 0 Å². The summed E-state index contributed by atoms with van der Waals surface area (Å²) in [6.45, 7) is -5.88. The van der Waals surface area contributed by atoms with Crippen LogP contribution in [-0.2, 0) is 10.8 Å². The smallest absolute Gasteiger partial charge is 0.669 e. The molecule has 2 heterocycles. The van der Waals surface area contributed by atoms with Gasteiger partial charge >= 0.3 is 84.6 Å². The molecule has 6 N–H and O–H groups in total. The summed E-state index contributed by atoms with van der Waals surface area (Å²) < 4.78 is 10.2. The van der Waals surface area contributed by atoms with Crippen molar-refractivity contribution in [1.29, 1.82) is 0 Å². The van der Waals surface area contributed by atoms with Crippen LogP contribution in [-0.4, -0.2) is 55.8 Å². The zero-order valence-corrected chi connectivity index (χ0v) is 24.2. The van der Waals surface area contributed by atoms with Gasteiger partial charge in [0.05, 0.1) is 22.6 Å². The van der Waals surface area contributed by atoms with Gasteiger partial charge in [-0.3, -0.25) is 0 Å². The van der Waals surface area contributed by atoms with Crippen molar-refractivity contribution in [3.63, 3.8) is 0 Å². The Labute approximate surface area is 251 Å². The van der Waals surface area contributed by atoms with Crippen LogP contribution in [0.5, 0.6) is 11.5 Å². The Kier molecular flexibility index (Phi) is 8.13. The predicted octanol–water partition coefficient (Wildman–Crippen LogP) is -4.53. The number of carboxylic acids is 2. The third kappa shape index (κ3) is 5.40. The molecule has 0 atom stereocenters. The van der Waals surface area contributed by atoms with Crippen LogP contribution < -0.4 is 68.4 Å². The number of carbonyl (C=O) groups is 2. The van der Waals surface area contributed by atoms with Crippen molar-refractivity contribution < 1.29 is 108 Å². The molecule has 0 saturated heterocycles. The Balaban J connectivity index is 0.000000190. The number of hydrogen-bond donors (Lipinski definition) is 6. The zero-order valence-electron chi connectivity index (χ0n) is 20.2. The van der Waals surface area contributed by atoms with E-state index in [1.807, 2.05) is 0 Å². The summed E-state index contributed by atoms with van der Waals surface area (Å²) in [5, 5.41) is 57.0. The standard InChI is InChI=1S/2C11H12BO5.2Na/c2*13-10(14)7-2-1-3-8-9(7)17-12(15,16)6-11(8)4-5-11;;/h2*1-3,15-16H,4-6H2,(H,13,14);;/q2*-1;2*+1. The number of carboxylic acid groups (broad SMARTS) is 2. The Hall–Kier alpha value is -1.05. The van der Waals surface area contributed by atoms with Gasteiger partial charge in [0.15, 0.2) is 0 Å². The zero-order chi connectivity index (χ0) is 24.5. The Morgan fingerprint density at radius 1 is 0.667 bits per heavy atom. The molecule has 2 aliphatic carbocycles. The maximum Gasteiger partial charge on any atom is 1.00 e. The first-order valence-electron chi connectivity index (χ1n) is 11.2. The van der Waals surface area contributed by atoms with Crippen molar-refractivity contribution in [3.05, 3.63) is 58.7 Å². The van der Waals surface area contributed by atoms with E-state index in [1.165, 1.54) is 12.1 Å². The molecule has 0 amide bonds. The molecule has 2 aromatic rings. The first-order chi connectivity index (χ1) is 15.9. The summed E-state index contributed by atoms with van der Waals surface area (Å²) in [7, 11) is 0. The van der Waals surface area contributed by atoms with Crippen LogP contribution in [0.2, 0.25) is 12.6 Å². The second-order valence-electron chi connectivity index (χ2n) is 9.90. The summed E-state index contributed by atoms with van der Waals surface area (Å²) in [5.41, 5.74) is 0.979. The fourth-order valence-electron chi connectivity index (χ4n) is 5.45. The molecule has 2 fully saturated rings. The molecule has 0 bridgehead atoms. The monoisotopic (exact) mass is 516 g/mol. The van der Waals surface area contributed by atoms with E-state index in [-0.39, 0.29) is 105 Å². The molecule has 0 unspecified atom stereocenters. The van der Waals surface area contributed by atoms with E-state index >= 15 is 0 Å². The number of rotatable bonds is 2. The van der Waals surface area contributed by atoms with Gasteiger partial charge in [-0.15, -0.1) is 0 Å². The number of benzene rings is 2. The molecular weight excluding hydrogens is 492 g/mol. The number of hydrogen-bond acceptors (Lipinski definition) is 8. The van der Waals surface area contributed by atoms with Gasteiger partial charge in [0.25, 0.3) is 0 Å². The van der Waals surface area contributed by atoms with Crippen molar-refractivity contribution in [2.75, 3.05) is 0 Å². The number of aromatic carboxylic acids is 2. The third-order valence-electron chi connectivity index (χ3n) is 7.27. The Morgan fingerprint density at radius 3 is 1.28 bits per heavy atom. The van der Waals surface area contributed by atoms with Crippen LogP contribution in [0.15, 0.2) is 36.4 Å². The van der Waals surface area contributed by atoms with E-state index in [1.54, 1.807) is 24.3 Å². The molecule has 2 saturated carbocycles. The van der Waals surface area contributed by atoms with Crippen LogP contribution in [0.1, 0.15) is 57.5 Å². The Bertz CT molecular complexity index is 1120. The minimum Gasteiger partial charge on any atom is -0.669 e. The quantitative estimate of drug-likeness (QED) is 0.214. The predicted molar refractivity (Wildman–Crippen MR) is 120 cm³/mol. The number of fused-ring (bicyclic) bond motifs is 4. The van der Waals surface area contributed by atoms with Crippen molar-refractivity contribution in [3.8, 4) is 11.5 Å². The minimum absolute atomic E-state index is 0. The maximum atomic E-state index is 11.1. The van der Waals surface area contributed by atoms with Gasteiger partial charge in [0.2, 0.25) is 0 Å². The number of para-hydroxylation sites is 2. The van der Waals surface area contributed by atoms with E-state index < -0.39 is 25.4 Å². The van der Waals surface area contributed by atoms with Gasteiger partial charge in [-0.1, -0.05) is 36.9 Å². The second-order valence-corrected chi connectivity index (χ2v) is 9.90. The fraction of sp³-hybridized carbons (Fsp3) is 0.364. The van der Waals surface area contributed by atoms with E-state index in [4.69, 9.17) is 19.5 Å². The van der Waals surface area contributed by atoms with Crippen molar-refractivity contribution >= 4 is 25.4 Å². The average molecular weight is 516 g/mol. The van der Waals surface area contributed by atoms with Gasteiger partial charge in [-0.05, 0) is 59.8 Å². The summed E-state index contributed by atoms with van der Waals surface area (Å²) >= 11 is 0. The van der Waals surface area contributed by atoms with Crippen molar-refractivity contribution in [2.24, 2.45) is 0 Å². The SMILES string of the molecule is O=C(O)c1cccc2c1O[B-](O)(O)CC21CC1.O=C(O)c1cccc2c1O[B-](O)(O)CC21CC1.[Na+].[Na+]. The van der Waals surface area contributed by atoms with Gasteiger partial charge in [0, 0.05) is 0 Å². The molecule has 2 aromatic carbocycles. The fourth-order valence-corrected chi connectivity index (χ4v) is 5.45. The maximum absolute atomic E-state index is 11.1. The first-order valence-corrected chi connectivity index (χ1v) is 11.2. The summed E-state index contributed by atoms with van der Waals surface area (Å²) in [4.78, 5) is 22.2. The van der Waals surface area contributed by atoms with Gasteiger partial charge in [0.1, 0.15) is 0 Å². The molecule has 14 heteroatoms. The van der Waals surface area contributed by atoms with Crippen LogP contribution in [0.4, 0.5) is 0 Å². The molecule has 4 aliphatic rings. The van der Waals surface area contributed by atoms with E-state index in [0.717, 1.165) is 36.8 Å². The summed E-state index contributed by atoms with van der Waals surface area (Å²) in [5.74, 6) is -2.00. The second kappa shape index (κ2) is 9.92. The minimum atomic E-state index is -2.94. The topological polar surface area (TPSA) is 174 Å². The summed E-state index contributed by atoms with van der Waals surface area (Å²) in [6.07, 6.45) is 3.69. The molecular formula is C22H24B2Na2O10. The molecule has 0 aromatic heterocycles. The molecule has 180 valence electrons. The van der Waals surface area contributed by atoms with Crippen LogP contribution in [0.25, 0.3) is 0 Å². The van der Waals surface area contributed by atoms with Crippen LogP contribution in [0, 0.1) is 0 Å². The molecule has 10 nitrogen and oxygen atoms in total. The van der Waals surface area contributed by atoms with Gasteiger partial charge in [-0.25, -0.2) is 9.59 Å². The largest absolute Gasteiger partial charge is 1.00 e. The van der Waals surface area contributed by atoms with E-state index in [9.17, 15) is 29.7 Å². The first kappa shape index (κ1) is 29.5. The van der Waals surface area contributed by atoms with Gasteiger partial charge in [-0.2, -0.15) is 0 Å². The molecule has 2 spiro atoms. The van der Waals surface area contributed by atoms with Crippen molar-refractivity contribution in [1.82, 2.24) is 0 Å². The molecule has 0 radical (unpaired) electrons. The van der Waals surface area contributed by atoms with Gasteiger partial charge < -0.3 is 39.6 Å². The van der Waals surface area contributed by atoms with E-state index in [0.29, 0.717) is 0 Å². The van der Waals surface area contributed by atoms with Crippen molar-refractivity contribution in [2.45, 2.75) is 49.2 Å². The molecule has 2 aliphatic heterocycles. The third-order valence-corrected chi connectivity index (χ3v) is 7.27. The summed E-state index contributed by atoms with van der Waals surface area (Å²) in [6, 6.07) is 9.77. The average Bonchev–Trinajstić information content (AvgIpc) is 3.65. The molecule has 36 heavy (non-hydrogen) atoms.